The minimum absolute atomic E-state index is 0.425. The van der Waals surface area contributed by atoms with Crippen molar-refractivity contribution in [2.24, 2.45) is 0 Å². The van der Waals surface area contributed by atoms with Gasteiger partial charge in [0.2, 0.25) is 0 Å². The van der Waals surface area contributed by atoms with Gasteiger partial charge in [-0.05, 0) is 0 Å². The second-order valence-corrected chi connectivity index (χ2v) is 11.5. The van der Waals surface area contributed by atoms with Crippen LogP contribution in [-0.4, -0.2) is 57.8 Å². The molecule has 0 aliphatic rings. The quantitative estimate of drug-likeness (QED) is 0.166. The molecule has 14 nitrogen and oxygen atoms in total. The average molecular weight is 434 g/mol. The summed E-state index contributed by atoms with van der Waals surface area (Å²) >= 11 is 0. The minimum Gasteiger partial charge on any atom is -0.775 e. The molecule has 0 saturated carbocycles. The van der Waals surface area contributed by atoms with E-state index in [2.05, 4.69) is 0 Å². The number of quaternary nitrogens is 2. The summed E-state index contributed by atoms with van der Waals surface area (Å²) in [6.45, 7) is -1.04. The zero-order chi connectivity index (χ0) is 19.4. The molecule has 0 saturated heterocycles. The first-order valence-electron chi connectivity index (χ1n) is 6.15. The topological polar surface area (TPSA) is 250 Å². The van der Waals surface area contributed by atoms with Gasteiger partial charge in [-0.2, -0.15) is 0 Å². The molecule has 0 aromatic heterocycles. The monoisotopic (exact) mass is 434 g/mol. The first-order chi connectivity index (χ1) is 10.4. The summed E-state index contributed by atoms with van der Waals surface area (Å²) in [7, 11) is -19.8. The third kappa shape index (κ3) is 16.0. The van der Waals surface area contributed by atoms with Crippen LogP contribution in [0.15, 0.2) is 0 Å². The average Bonchev–Trinajstić information content (AvgIpc) is 2.16. The molecule has 0 bridgehead atoms. The zero-order valence-corrected chi connectivity index (χ0v) is 15.7. The van der Waals surface area contributed by atoms with Crippen molar-refractivity contribution in [3.8, 4) is 0 Å². The summed E-state index contributed by atoms with van der Waals surface area (Å²) in [5.41, 5.74) is 0. The van der Waals surface area contributed by atoms with E-state index in [1.807, 2.05) is 0 Å². The van der Waals surface area contributed by atoms with Crippen molar-refractivity contribution in [3.05, 3.63) is 0 Å². The van der Waals surface area contributed by atoms with E-state index in [9.17, 15) is 37.8 Å². The summed E-state index contributed by atoms with van der Waals surface area (Å²) in [4.78, 5) is 77.5. The predicted octanol–water partition coefficient (Wildman–Crippen LogP) is -7.23. The van der Waals surface area contributed by atoms with Crippen molar-refractivity contribution in [1.82, 2.24) is 0 Å². The Morgan fingerprint density at radius 2 is 0.708 bits per heavy atom. The van der Waals surface area contributed by atoms with Crippen LogP contribution in [0.3, 0.4) is 0 Å². The molecule has 0 aliphatic carbocycles. The van der Waals surface area contributed by atoms with E-state index >= 15 is 0 Å². The van der Waals surface area contributed by atoms with Crippen LogP contribution < -0.4 is 29.4 Å². The Labute approximate surface area is 136 Å². The Kier molecular flexibility index (Phi) is 9.14. The number of nitrogens with one attached hydrogen (secondary N) is 2. The largest absolute Gasteiger partial charge is 0.775 e. The first kappa shape index (κ1) is 24.5. The first-order valence-corrected chi connectivity index (χ1v) is 13.2. The molecule has 0 aliphatic heterocycles. The highest BCUT2D eigenvalue weighted by molar-refractivity contribution is 7.51. The Morgan fingerprint density at radius 3 is 0.833 bits per heavy atom. The van der Waals surface area contributed by atoms with Gasteiger partial charge in [0.15, 0.2) is 30.4 Å². The van der Waals surface area contributed by atoms with Crippen LogP contribution in [0.4, 0.5) is 0 Å². The van der Waals surface area contributed by atoms with E-state index in [1.54, 1.807) is 0 Å². The molecule has 4 unspecified atom stereocenters. The van der Waals surface area contributed by atoms with Gasteiger partial charge in [0, 0.05) is 0 Å². The maximum atomic E-state index is 10.8. The van der Waals surface area contributed by atoms with Gasteiger partial charge in [0.25, 0.3) is 0 Å². The van der Waals surface area contributed by atoms with E-state index in [-0.39, 0.29) is 0 Å². The standard InChI is InChI=1S/C6H20N2O12P4/c9-21(10,11)3-7(4-22(12,13)14)1-2-8(5-23(15,16)17)6-24(18,19)20/h1-6H2,(H2,9,10,11)(H2,12,13,14)(H2,15,16,17)(H2,18,19,20)/p-2. The summed E-state index contributed by atoms with van der Waals surface area (Å²) in [5.74, 6) is 0. The molecule has 0 fully saturated rings. The van der Waals surface area contributed by atoms with E-state index in [0.29, 0.717) is 0 Å². The second kappa shape index (κ2) is 8.94. The Bertz CT molecular complexity index is 486. The van der Waals surface area contributed by atoms with Gasteiger partial charge in [-0.25, -0.2) is 0 Å². The van der Waals surface area contributed by atoms with Crippen LogP contribution in [0.25, 0.3) is 0 Å². The van der Waals surface area contributed by atoms with Gasteiger partial charge < -0.3 is 67.2 Å². The molecule has 4 atom stereocenters. The van der Waals surface area contributed by atoms with Gasteiger partial charge in [-0.3, -0.25) is 0 Å². The number of rotatable bonds is 11. The van der Waals surface area contributed by atoms with Gasteiger partial charge in [0.05, 0.1) is 0 Å². The highest BCUT2D eigenvalue weighted by atomic mass is 31.2. The Morgan fingerprint density at radius 1 is 0.542 bits per heavy atom. The molecule has 0 heterocycles. The molecular weight excluding hydrogens is 416 g/mol. The van der Waals surface area contributed by atoms with Crippen LogP contribution in [0.5, 0.6) is 0 Å². The van der Waals surface area contributed by atoms with Gasteiger partial charge >= 0.3 is 0 Å². The van der Waals surface area contributed by atoms with Crippen molar-refractivity contribution in [2.75, 3.05) is 38.2 Å². The SMILES string of the molecule is O=P([O-])(O)C[NH+](CC[NH+](CP(=O)([O-])O)CP(=O)([O-])O)CP(=O)([O-])O. The van der Waals surface area contributed by atoms with E-state index in [4.69, 9.17) is 19.6 Å². The van der Waals surface area contributed by atoms with Crippen LogP contribution in [-0.2, 0) is 18.3 Å². The van der Waals surface area contributed by atoms with Crippen molar-refractivity contribution < 1.29 is 67.2 Å². The molecule has 0 spiro atoms. The van der Waals surface area contributed by atoms with Crippen molar-refractivity contribution in [3.63, 3.8) is 0 Å². The molecule has 146 valence electrons. The summed E-state index contributed by atoms with van der Waals surface area (Å²) in [6.07, 6.45) is -4.52. The predicted molar refractivity (Wildman–Crippen MR) is 70.4 cm³/mol. The molecule has 6 N–H and O–H groups in total. The van der Waals surface area contributed by atoms with Gasteiger partial charge in [-0.1, -0.05) is 0 Å². The lowest BCUT2D eigenvalue weighted by Crippen LogP contribution is -3.20. The van der Waals surface area contributed by atoms with Gasteiger partial charge in [0.1, 0.15) is 38.2 Å². The van der Waals surface area contributed by atoms with E-state index in [1.165, 1.54) is 0 Å². The smallest absolute Gasteiger partial charge is 0.187 e. The Hall–Kier alpha value is 0.520. The van der Waals surface area contributed by atoms with E-state index in [0.717, 1.165) is 0 Å². The third-order valence-corrected chi connectivity index (χ3v) is 5.91. The summed E-state index contributed by atoms with van der Waals surface area (Å²) in [6, 6.07) is 0. The fraction of sp³-hybridized carbons (Fsp3) is 1.00. The highest BCUT2D eigenvalue weighted by Crippen LogP contribution is 2.29. The van der Waals surface area contributed by atoms with Crippen LogP contribution in [0.2, 0.25) is 0 Å². The lowest BCUT2D eigenvalue weighted by Gasteiger charge is -2.31. The molecular formula is C6H18N2O12P4-2. The minimum atomic E-state index is -4.95. The number of hydrogen-bond donors (Lipinski definition) is 6. The molecule has 0 aromatic rings. The highest BCUT2D eigenvalue weighted by Gasteiger charge is 2.25. The maximum absolute atomic E-state index is 10.8. The third-order valence-electron chi connectivity index (χ3n) is 2.53. The lowest BCUT2D eigenvalue weighted by molar-refractivity contribution is -0.939. The summed E-state index contributed by atoms with van der Waals surface area (Å²) < 4.78 is 43.4. The van der Waals surface area contributed by atoms with Crippen molar-refractivity contribution in [1.29, 1.82) is 0 Å². The fourth-order valence-electron chi connectivity index (χ4n) is 1.90. The summed E-state index contributed by atoms with van der Waals surface area (Å²) in [5, 5.41) is 0. The zero-order valence-electron chi connectivity index (χ0n) is 12.1. The van der Waals surface area contributed by atoms with Crippen molar-refractivity contribution >= 4 is 30.4 Å². The van der Waals surface area contributed by atoms with Crippen LogP contribution in [0.1, 0.15) is 0 Å². The van der Waals surface area contributed by atoms with Gasteiger partial charge in [-0.15, -0.1) is 0 Å². The maximum Gasteiger partial charge on any atom is 0.187 e. The molecule has 0 radical (unpaired) electrons. The van der Waals surface area contributed by atoms with Crippen LogP contribution >= 0.6 is 30.4 Å². The second-order valence-electron chi connectivity index (χ2n) is 5.18. The molecule has 18 heteroatoms. The molecule has 0 rings (SSSR count). The number of hydrogen-bond acceptors (Lipinski definition) is 8. The molecule has 0 amide bonds. The van der Waals surface area contributed by atoms with Crippen LogP contribution in [0, 0.1) is 0 Å². The van der Waals surface area contributed by atoms with Crippen molar-refractivity contribution in [2.45, 2.75) is 0 Å². The molecule has 24 heavy (non-hydrogen) atoms. The molecule has 0 aromatic carbocycles. The normalized spacial score (nSPS) is 24.8. The van der Waals surface area contributed by atoms with E-state index < -0.39 is 78.4 Å². The Balaban J connectivity index is 5.07. The lowest BCUT2D eigenvalue weighted by atomic mass is 10.5. The fourth-order valence-corrected chi connectivity index (χ4v) is 5.59.